The standard InChI is InChI=1S/C37H49N7O2/c1-8-24-11-10-12-25(9-2)34(24)44-22-26-13-15-29-32(36(38)45)23(3)42(6)35(29)33(26)40-37(44)39-30-16-14-28(21-31(30)46-7)43-19-17-27(18-20-43)41(4)5/h10-12,14,16,21,27H,8-9,13,15,17-20,22H2,1-7H3,(H2,38,45)(H,39,40). The Balaban J connectivity index is 1.43. The van der Waals surface area contributed by atoms with Gasteiger partial charge in [0.15, 0.2) is 0 Å². The van der Waals surface area contributed by atoms with Crippen LogP contribution in [0.1, 0.15) is 71.5 Å². The minimum absolute atomic E-state index is 0.376. The molecule has 0 atom stereocenters. The number of nitrogens with one attached hydrogen (secondary N) is 1. The number of nitrogens with zero attached hydrogens (tertiary/aromatic N) is 5. The van der Waals surface area contributed by atoms with E-state index in [0.29, 0.717) is 18.2 Å². The molecule has 1 amide bonds. The summed E-state index contributed by atoms with van der Waals surface area (Å²) in [7, 11) is 8.09. The predicted molar refractivity (Wildman–Crippen MR) is 189 cm³/mol. The Bertz CT molecular complexity index is 1690. The van der Waals surface area contributed by atoms with Gasteiger partial charge in [-0.15, -0.1) is 0 Å². The van der Waals surface area contributed by atoms with E-state index in [-0.39, 0.29) is 5.91 Å². The fraction of sp³-hybridized carbons (Fsp3) is 0.459. The van der Waals surface area contributed by atoms with Crippen LogP contribution >= 0.6 is 0 Å². The number of aromatic nitrogens is 1. The minimum Gasteiger partial charge on any atom is -0.494 e. The third-order valence-electron chi connectivity index (χ3n) is 10.3. The van der Waals surface area contributed by atoms with E-state index in [9.17, 15) is 4.79 Å². The molecule has 3 aliphatic rings. The van der Waals surface area contributed by atoms with E-state index in [0.717, 1.165) is 91.7 Å². The molecule has 1 saturated heterocycles. The number of ether oxygens (including phenoxy) is 1. The molecule has 0 bridgehead atoms. The maximum absolute atomic E-state index is 12.5. The largest absolute Gasteiger partial charge is 0.494 e. The van der Waals surface area contributed by atoms with Gasteiger partial charge in [0.05, 0.1) is 35.4 Å². The molecule has 0 spiro atoms. The molecule has 46 heavy (non-hydrogen) atoms. The zero-order chi connectivity index (χ0) is 32.7. The van der Waals surface area contributed by atoms with E-state index < -0.39 is 0 Å². The van der Waals surface area contributed by atoms with Crippen LogP contribution in [-0.4, -0.2) is 68.2 Å². The fourth-order valence-corrected chi connectivity index (χ4v) is 7.61. The van der Waals surface area contributed by atoms with Crippen molar-refractivity contribution in [3.05, 3.63) is 75.6 Å². The predicted octanol–water partition coefficient (Wildman–Crippen LogP) is 5.74. The van der Waals surface area contributed by atoms with Crippen LogP contribution in [0.25, 0.3) is 5.70 Å². The van der Waals surface area contributed by atoms with Gasteiger partial charge in [-0.1, -0.05) is 32.0 Å². The molecule has 1 aliphatic carbocycles. The van der Waals surface area contributed by atoms with E-state index in [2.05, 4.69) is 88.9 Å². The Hall–Kier alpha value is -4.24. The van der Waals surface area contributed by atoms with Gasteiger partial charge in [0.2, 0.25) is 5.96 Å². The second-order valence-corrected chi connectivity index (χ2v) is 13.0. The molecule has 6 rings (SSSR count). The molecule has 3 heterocycles. The molecule has 1 aromatic heterocycles. The van der Waals surface area contributed by atoms with E-state index in [1.165, 1.54) is 28.1 Å². The van der Waals surface area contributed by atoms with Gasteiger partial charge < -0.3 is 35.1 Å². The van der Waals surface area contributed by atoms with Crippen molar-refractivity contribution in [2.75, 3.05) is 56.0 Å². The summed E-state index contributed by atoms with van der Waals surface area (Å²) in [6.07, 6.45) is 5.74. The highest BCUT2D eigenvalue weighted by Crippen LogP contribution is 2.42. The normalized spacial score (nSPS) is 16.8. The molecule has 9 heteroatoms. The van der Waals surface area contributed by atoms with Crippen molar-refractivity contribution in [3.8, 4) is 5.75 Å². The minimum atomic E-state index is -0.376. The van der Waals surface area contributed by atoms with E-state index in [1.807, 2.05) is 14.0 Å². The molecule has 0 radical (unpaired) electrons. The quantitative estimate of drug-likeness (QED) is 0.333. The zero-order valence-electron chi connectivity index (χ0n) is 28.5. The van der Waals surface area contributed by atoms with E-state index in [4.69, 9.17) is 15.5 Å². The van der Waals surface area contributed by atoms with Crippen molar-refractivity contribution in [3.63, 3.8) is 0 Å². The number of benzene rings is 2. The molecule has 2 aromatic carbocycles. The van der Waals surface area contributed by atoms with Crippen LogP contribution < -0.4 is 25.6 Å². The summed E-state index contributed by atoms with van der Waals surface area (Å²) in [4.78, 5) is 25.1. The van der Waals surface area contributed by atoms with Crippen molar-refractivity contribution in [2.45, 2.75) is 65.3 Å². The van der Waals surface area contributed by atoms with Gasteiger partial charge in [0, 0.05) is 50.2 Å². The number of nitrogens with two attached hydrogens (primary N) is 1. The van der Waals surface area contributed by atoms with Gasteiger partial charge in [-0.25, -0.2) is 4.99 Å². The highest BCUT2D eigenvalue weighted by Gasteiger charge is 2.35. The van der Waals surface area contributed by atoms with Gasteiger partial charge in [0.25, 0.3) is 5.91 Å². The van der Waals surface area contributed by atoms with Gasteiger partial charge >= 0.3 is 0 Å². The molecule has 2 aliphatic heterocycles. The number of carbonyl (C=O) groups is 1. The first-order valence-electron chi connectivity index (χ1n) is 16.7. The number of piperidine rings is 1. The van der Waals surface area contributed by atoms with Gasteiger partial charge in [-0.3, -0.25) is 4.79 Å². The monoisotopic (exact) mass is 623 g/mol. The molecule has 244 valence electrons. The Morgan fingerprint density at radius 3 is 2.39 bits per heavy atom. The van der Waals surface area contributed by atoms with Crippen LogP contribution in [0, 0.1) is 6.92 Å². The Kier molecular flexibility index (Phi) is 8.88. The number of carbonyl (C=O) groups excluding carboxylic acids is 1. The first-order valence-corrected chi connectivity index (χ1v) is 16.7. The van der Waals surface area contributed by atoms with Crippen molar-refractivity contribution in [1.29, 1.82) is 0 Å². The molecular formula is C37H49N7O2. The summed E-state index contributed by atoms with van der Waals surface area (Å²) in [5.74, 6) is 1.15. The second-order valence-electron chi connectivity index (χ2n) is 13.0. The maximum Gasteiger partial charge on any atom is 0.250 e. The molecule has 3 aromatic rings. The topological polar surface area (TPSA) is 91.4 Å². The summed E-state index contributed by atoms with van der Waals surface area (Å²) in [5.41, 5.74) is 17.5. The summed E-state index contributed by atoms with van der Waals surface area (Å²) in [6.45, 7) is 9.15. The van der Waals surface area contributed by atoms with Crippen LogP contribution in [0.15, 0.2) is 47.0 Å². The Morgan fingerprint density at radius 2 is 1.78 bits per heavy atom. The third-order valence-corrected chi connectivity index (χ3v) is 10.3. The Morgan fingerprint density at radius 1 is 1.09 bits per heavy atom. The smallest absolute Gasteiger partial charge is 0.250 e. The fourth-order valence-electron chi connectivity index (χ4n) is 7.61. The number of aliphatic imine (C=N–C) groups is 1. The first-order chi connectivity index (χ1) is 22.2. The average molecular weight is 624 g/mol. The second kappa shape index (κ2) is 12.9. The van der Waals surface area contributed by atoms with Gasteiger partial charge in [-0.05, 0) is 93.9 Å². The SMILES string of the molecule is CCc1cccc(CC)c1N1CC2=C(N=C1Nc1ccc(N3CCC(N(C)C)CC3)cc1OC)c1c(c(C(N)=O)c(C)n1C)CC2. The van der Waals surface area contributed by atoms with Crippen molar-refractivity contribution in [1.82, 2.24) is 9.47 Å². The number of para-hydroxylation sites is 1. The first kappa shape index (κ1) is 31.7. The van der Waals surface area contributed by atoms with Crippen LogP contribution in [0.4, 0.5) is 17.1 Å². The Labute approximate surface area is 273 Å². The lowest BCUT2D eigenvalue weighted by Crippen LogP contribution is -2.42. The number of hydrogen-bond donors (Lipinski definition) is 2. The molecule has 1 fully saturated rings. The van der Waals surface area contributed by atoms with Crippen molar-refractivity contribution >= 4 is 34.6 Å². The van der Waals surface area contributed by atoms with E-state index in [1.54, 1.807) is 7.11 Å². The average Bonchev–Trinajstić information content (AvgIpc) is 3.33. The van der Waals surface area contributed by atoms with Crippen molar-refractivity contribution < 1.29 is 9.53 Å². The maximum atomic E-state index is 12.5. The van der Waals surface area contributed by atoms with Crippen LogP contribution in [0.3, 0.4) is 0 Å². The number of primary amides is 1. The summed E-state index contributed by atoms with van der Waals surface area (Å²) in [5, 5.41) is 3.72. The summed E-state index contributed by atoms with van der Waals surface area (Å²) in [6, 6.07) is 13.7. The van der Waals surface area contributed by atoms with E-state index >= 15 is 0 Å². The third kappa shape index (κ3) is 5.55. The lowest BCUT2D eigenvalue weighted by molar-refractivity contribution is 0.0998. The van der Waals surface area contributed by atoms with Gasteiger partial charge in [0.1, 0.15) is 5.75 Å². The number of hydrogen-bond acceptors (Lipinski definition) is 7. The number of methoxy groups -OCH3 is 1. The lowest BCUT2D eigenvalue weighted by Gasteiger charge is -2.37. The zero-order valence-corrected chi connectivity index (χ0v) is 28.5. The van der Waals surface area contributed by atoms with Crippen LogP contribution in [-0.2, 0) is 26.3 Å². The lowest BCUT2D eigenvalue weighted by atomic mass is 9.90. The summed E-state index contributed by atoms with van der Waals surface area (Å²) >= 11 is 0. The summed E-state index contributed by atoms with van der Waals surface area (Å²) < 4.78 is 8.09. The number of fused-ring (bicyclic) bond motifs is 2. The highest BCUT2D eigenvalue weighted by molar-refractivity contribution is 6.11. The molecule has 3 N–H and O–H groups in total. The van der Waals surface area contributed by atoms with Crippen LogP contribution in [0.5, 0.6) is 5.75 Å². The highest BCUT2D eigenvalue weighted by atomic mass is 16.5. The number of aryl methyl sites for hydroxylation is 2. The van der Waals surface area contributed by atoms with Gasteiger partial charge in [-0.2, -0.15) is 0 Å². The molecule has 9 nitrogen and oxygen atoms in total. The number of rotatable bonds is 8. The van der Waals surface area contributed by atoms with Crippen LogP contribution in [0.2, 0.25) is 0 Å². The number of guanidine groups is 1. The van der Waals surface area contributed by atoms with Crippen molar-refractivity contribution in [2.24, 2.45) is 17.8 Å². The number of amides is 1. The molecule has 0 saturated carbocycles. The molecular weight excluding hydrogens is 574 g/mol. The molecule has 0 unspecified atom stereocenters. The number of anilines is 3.